The third kappa shape index (κ3) is 22.3. The second-order valence-corrected chi connectivity index (χ2v) is 45.4. The molecule has 0 saturated carbocycles. The number of aromatic amines is 5. The SMILES string of the molecule is CC[C@H]1O[C@@H](n2cnc3c(N)ncnc32)C[C@H]1OP([O-])(=S)OC[C@H]1O[C@@H](n2cc(C)c(=O)[nH]c2=O)C[C@H]1OP(=O)([S-])OC[C@H]1O[C@@H](n2cc(C)c(=O)[nH]c2=O)C[C@H]1OP([O-])(=S)OC[C@H]1O[C@@H](n2cc(C)c(=O)[nH]c2=O)C[C@H]1OP([O-])(=S)OC[C@H]1O[C@@H](n2cnc3c(=O)[nH]c(N)nc32)C[C@H]1OP([O-])(=S)OC[C@H]1O[C@@H](n2cc(C)c(=O)[nH]c2=O)C[C@H]1OP([O-])(=S)OC. The van der Waals surface area contributed by atoms with Gasteiger partial charge in [0.1, 0.15) is 113 Å². The van der Waals surface area contributed by atoms with Crippen LogP contribution >= 0.6 is 40.4 Å². The molecule has 14 rings (SSSR count). The summed E-state index contributed by atoms with van der Waals surface area (Å²) in [6.45, 7) is -25.5. The molecule has 6 saturated heterocycles. The summed E-state index contributed by atoms with van der Waals surface area (Å²) in [6.07, 6.45) is -17.2. The summed E-state index contributed by atoms with van der Waals surface area (Å²) in [4.78, 5) is 219. The standard InChI is InChI=1S/C62H82N18O33P6S6/c1-7-30-31(8-46(102-30)79-24-67-48-50(63)65-23-66-51(48)79)109-115(91,121)97-19-38-33(10-43(104-38)76-15-27(3)54(82)72-60(76)87)110-116(92,122)99-20-39-34(11-44(105-39)77-16-28(4)55(83)73-61(77)88)111-117(93,123)100-21-40-35(12-45(106-40)78-17-29(5)56(84)74-62(78)89)112-118(94,124)101-22-41-36(13-47(107-41)80-25-68-49-52(80)69-58(64)70-57(49)85)113-119(95,125)98-18-37-32(108-114(90,120)96-6)9-42(103-37)75-14-26(2)53(81)71-59(75)86/h14-17,23-25,30-47H,7-13,18-22H2,1-6H3,(H,90,120)(H,91,121)(H,92,122)(H,93,123)(H,94,124)(H,95,125)(H2,63,65,66)(H,71,81,86)(H,72,82,87)(H,73,83,88)(H,74,84,89)(H3,64,69,70,85)/p-6/t30-,31-,32-,33-,34-,35-,36-,37-,38-,39-,40-,41-,42-,43-,44-,45-,46-,47-,114?,115?,116?,117?,118?,119?/m1/s1. The van der Waals surface area contributed by atoms with Gasteiger partial charge in [0.25, 0.3) is 27.8 Å². The number of nitrogens with zero attached hydrogens (tertiary/aromatic N) is 11. The van der Waals surface area contributed by atoms with Gasteiger partial charge in [0, 0.05) is 92.7 Å². The fraction of sp³-hybridized carbons (Fsp3) is 0.581. The first-order valence-electron chi connectivity index (χ1n) is 37.4. The minimum Gasteiger partial charge on any atom is -0.780 e. The van der Waals surface area contributed by atoms with Crippen molar-refractivity contribution in [2.75, 3.05) is 51.6 Å². The van der Waals surface area contributed by atoms with Crippen molar-refractivity contribution in [3.63, 3.8) is 0 Å². The minimum atomic E-state index is -5.03. The Labute approximate surface area is 731 Å². The molecule has 8 aromatic heterocycles. The Bertz CT molecular complexity index is 6330. The van der Waals surface area contributed by atoms with Crippen LogP contribution in [0.4, 0.5) is 11.8 Å². The van der Waals surface area contributed by atoms with Crippen LogP contribution < -0.4 is 86.5 Å². The van der Waals surface area contributed by atoms with Crippen LogP contribution in [0.25, 0.3) is 22.3 Å². The maximum absolute atomic E-state index is 14.8. The Morgan fingerprint density at radius 3 is 1.06 bits per heavy atom. The normalized spacial score (nSPS) is 29.4. The lowest BCUT2D eigenvalue weighted by Gasteiger charge is -2.36. The van der Waals surface area contributed by atoms with Crippen LogP contribution in [0.1, 0.15) is 111 Å². The van der Waals surface area contributed by atoms with Gasteiger partial charge in [0.05, 0.1) is 88.4 Å². The highest BCUT2D eigenvalue weighted by atomic mass is 32.7. The smallest absolute Gasteiger partial charge is 0.330 e. The van der Waals surface area contributed by atoms with E-state index < -0.39 is 247 Å². The zero-order valence-electron chi connectivity index (χ0n) is 65.6. The number of ether oxygens (including phenoxy) is 6. The van der Waals surface area contributed by atoms with E-state index in [0.29, 0.717) is 17.6 Å². The van der Waals surface area contributed by atoms with Crippen LogP contribution in [0.15, 0.2) is 86.9 Å². The minimum absolute atomic E-state index is 0.00898. The molecule has 6 aliphatic rings. The molecule has 51 nitrogen and oxygen atoms in total. The van der Waals surface area contributed by atoms with E-state index in [0.717, 1.165) is 44.1 Å². The molecule has 24 atom stereocenters. The van der Waals surface area contributed by atoms with Crippen molar-refractivity contribution < 1.29 is 112 Å². The highest BCUT2D eigenvalue weighted by molar-refractivity contribution is 8.32. The van der Waals surface area contributed by atoms with Gasteiger partial charge in [-0.1, -0.05) is 66.0 Å². The van der Waals surface area contributed by atoms with Gasteiger partial charge in [-0.05, 0) is 34.1 Å². The summed E-state index contributed by atoms with van der Waals surface area (Å²) in [5, 5.41) is 0. The van der Waals surface area contributed by atoms with E-state index in [1.807, 2.05) is 0 Å². The molecule has 0 amide bonds. The summed E-state index contributed by atoms with van der Waals surface area (Å²) < 4.78 is 128. The van der Waals surface area contributed by atoms with E-state index in [-0.39, 0.29) is 70.9 Å². The maximum Gasteiger partial charge on any atom is 0.330 e. The van der Waals surface area contributed by atoms with E-state index >= 15 is 0 Å². The van der Waals surface area contributed by atoms with Crippen LogP contribution in [0.5, 0.6) is 0 Å². The van der Waals surface area contributed by atoms with Crippen molar-refractivity contribution in [2.24, 2.45) is 0 Å². The van der Waals surface area contributed by atoms with Crippen molar-refractivity contribution in [2.45, 2.75) is 190 Å². The number of aromatic nitrogens is 16. The van der Waals surface area contributed by atoms with Gasteiger partial charge in [0.2, 0.25) is 5.95 Å². The zero-order chi connectivity index (χ0) is 90.1. The number of nitrogens with two attached hydrogens (primary N) is 2. The van der Waals surface area contributed by atoms with Gasteiger partial charge in [-0.25, -0.2) is 39.1 Å². The van der Waals surface area contributed by atoms with Gasteiger partial charge in [-0.3, -0.25) is 80.9 Å². The first-order chi connectivity index (χ1) is 58.8. The first-order valence-corrected chi connectivity index (χ1v) is 52.8. The summed E-state index contributed by atoms with van der Waals surface area (Å²) >= 11 is 32.2. The van der Waals surface area contributed by atoms with Gasteiger partial charge < -0.3 is 131 Å². The Hall–Kier alpha value is -5.87. The highest BCUT2D eigenvalue weighted by Crippen LogP contribution is 2.56. The molecule has 9 N–H and O–H groups in total. The molecular weight excluding hydrogens is 1900 g/mol. The lowest BCUT2D eigenvalue weighted by atomic mass is 10.1. The average molecular weight is 1980 g/mol. The predicted octanol–water partition coefficient (Wildman–Crippen LogP) is -2.69. The molecule has 0 spiro atoms. The summed E-state index contributed by atoms with van der Waals surface area (Å²) in [7, 11) is 1.02. The Morgan fingerprint density at radius 1 is 0.416 bits per heavy atom. The summed E-state index contributed by atoms with van der Waals surface area (Å²) in [5.41, 5.74) is 4.91. The number of fused-ring (bicyclic) bond motifs is 2. The van der Waals surface area contributed by atoms with Gasteiger partial charge in [-0.2, -0.15) is 4.98 Å². The Kier molecular flexibility index (Phi) is 29.1. The van der Waals surface area contributed by atoms with Crippen LogP contribution in [-0.2, 0) is 159 Å². The molecular formula is C62H76N18O33P6S6-6. The number of anilines is 2. The van der Waals surface area contributed by atoms with Crippen molar-refractivity contribution in [3.8, 4) is 0 Å². The number of nitrogens with one attached hydrogen (secondary N) is 5. The Balaban J connectivity index is 0.670. The largest absolute Gasteiger partial charge is 0.780 e. The first kappa shape index (κ1) is 95.2. The quantitative estimate of drug-likeness (QED) is 0.0157. The maximum atomic E-state index is 14.8. The lowest BCUT2D eigenvalue weighted by Crippen LogP contribution is -2.34. The second kappa shape index (κ2) is 38.1. The number of hydrogen-bond donors (Lipinski definition) is 7. The molecule has 0 aromatic carbocycles. The second-order valence-electron chi connectivity index (χ2n) is 29.1. The molecule has 8 aromatic rings. The lowest BCUT2D eigenvalue weighted by molar-refractivity contribution is -0.221. The third-order valence-corrected chi connectivity index (χ3v) is 30.1. The van der Waals surface area contributed by atoms with E-state index in [1.165, 1.54) is 57.3 Å². The highest BCUT2D eigenvalue weighted by Gasteiger charge is 2.48. The summed E-state index contributed by atoms with van der Waals surface area (Å²) in [5.74, 6) is -0.215. The van der Waals surface area contributed by atoms with Crippen LogP contribution in [0, 0.1) is 27.7 Å². The number of aryl methyl sites for hydroxylation is 4. The molecule has 6 aliphatic heterocycles. The third-order valence-electron chi connectivity index (χ3n) is 20.6. The number of nitrogen functional groups attached to an aromatic ring is 2. The van der Waals surface area contributed by atoms with Crippen LogP contribution in [0.3, 0.4) is 0 Å². The molecule has 14 heterocycles. The molecule has 6 unspecified atom stereocenters. The fourth-order valence-corrected chi connectivity index (χ4v) is 22.7. The van der Waals surface area contributed by atoms with Crippen molar-refractivity contribution in [3.05, 3.63) is 160 Å². The predicted molar refractivity (Wildman–Crippen MR) is 440 cm³/mol. The van der Waals surface area contributed by atoms with Gasteiger partial charge in [-0.15, -0.1) is 0 Å². The molecule has 684 valence electrons. The van der Waals surface area contributed by atoms with Crippen molar-refractivity contribution in [1.82, 2.24) is 77.2 Å². The Morgan fingerprint density at radius 2 is 0.712 bits per heavy atom. The molecule has 63 heteroatoms. The molecule has 6 fully saturated rings. The van der Waals surface area contributed by atoms with Crippen LogP contribution in [-0.4, -0.2) is 191 Å². The van der Waals surface area contributed by atoms with Gasteiger partial charge in [0.15, 0.2) is 29.4 Å². The molecule has 125 heavy (non-hydrogen) atoms. The number of rotatable bonds is 35. The number of hydrogen-bond acceptors (Lipinski definition) is 46. The number of imidazole rings is 2. The average Bonchev–Trinajstić information content (AvgIpc) is 1.64. The summed E-state index contributed by atoms with van der Waals surface area (Å²) in [6, 6.07) is 0. The topological polar surface area (TPSA) is 677 Å². The van der Waals surface area contributed by atoms with Gasteiger partial charge >= 0.3 is 22.8 Å². The molecule has 0 radical (unpaired) electrons. The zero-order valence-corrected chi connectivity index (χ0v) is 75.9. The van der Waals surface area contributed by atoms with Crippen molar-refractivity contribution in [1.29, 1.82) is 0 Å². The van der Waals surface area contributed by atoms with E-state index in [1.54, 1.807) is 11.5 Å². The molecule has 0 bridgehead atoms. The monoisotopic (exact) mass is 1980 g/mol. The van der Waals surface area contributed by atoms with Crippen molar-refractivity contribution >= 4 is 146 Å². The fourth-order valence-electron chi connectivity index (χ4n) is 14.5. The van der Waals surface area contributed by atoms with E-state index in [4.69, 9.17) is 165 Å². The van der Waals surface area contributed by atoms with E-state index in [9.17, 15) is 72.2 Å². The number of H-pyrrole nitrogens is 5. The van der Waals surface area contributed by atoms with Crippen LogP contribution in [0.2, 0.25) is 0 Å². The molecule has 0 aliphatic carbocycles. The van der Waals surface area contributed by atoms with E-state index in [2.05, 4.69) is 49.8 Å².